The van der Waals surface area contributed by atoms with Gasteiger partial charge in [0.2, 0.25) is 0 Å². The second-order valence-electron chi connectivity index (χ2n) is 3.81. The van der Waals surface area contributed by atoms with Crippen LogP contribution in [-0.4, -0.2) is 0 Å². The normalized spacial score (nSPS) is 10.1. The predicted octanol–water partition coefficient (Wildman–Crippen LogP) is 4.37. The standard InChI is InChI=1S/C14H14BrN/c1-11-7-8-12(14(15)9-11)10-16-13-5-3-2-4-6-13/h2-9,16H,10H2,1H3. The molecule has 0 bridgehead atoms. The van der Waals surface area contributed by atoms with Gasteiger partial charge in [-0.3, -0.25) is 0 Å². The number of aryl methyl sites for hydroxylation is 1. The molecule has 0 atom stereocenters. The monoisotopic (exact) mass is 275 g/mol. The molecule has 0 unspecified atom stereocenters. The first kappa shape index (κ1) is 11.2. The largest absolute Gasteiger partial charge is 0.381 e. The highest BCUT2D eigenvalue weighted by Crippen LogP contribution is 2.19. The van der Waals surface area contributed by atoms with E-state index < -0.39 is 0 Å². The summed E-state index contributed by atoms with van der Waals surface area (Å²) in [5.74, 6) is 0. The van der Waals surface area contributed by atoms with Crippen molar-refractivity contribution < 1.29 is 0 Å². The topological polar surface area (TPSA) is 12.0 Å². The highest BCUT2D eigenvalue weighted by atomic mass is 79.9. The van der Waals surface area contributed by atoms with Gasteiger partial charge < -0.3 is 5.32 Å². The van der Waals surface area contributed by atoms with Crippen LogP contribution in [0.5, 0.6) is 0 Å². The molecular weight excluding hydrogens is 262 g/mol. The molecule has 0 amide bonds. The van der Waals surface area contributed by atoms with Crippen LogP contribution in [0, 0.1) is 6.92 Å². The molecule has 0 radical (unpaired) electrons. The van der Waals surface area contributed by atoms with Crippen LogP contribution in [0.1, 0.15) is 11.1 Å². The molecule has 2 aromatic rings. The van der Waals surface area contributed by atoms with E-state index in [4.69, 9.17) is 0 Å². The van der Waals surface area contributed by atoms with E-state index in [1.165, 1.54) is 11.1 Å². The van der Waals surface area contributed by atoms with Crippen LogP contribution in [0.2, 0.25) is 0 Å². The van der Waals surface area contributed by atoms with Crippen LogP contribution in [0.25, 0.3) is 0 Å². The van der Waals surface area contributed by atoms with Gasteiger partial charge in [-0.25, -0.2) is 0 Å². The van der Waals surface area contributed by atoms with Gasteiger partial charge in [0.15, 0.2) is 0 Å². The van der Waals surface area contributed by atoms with Gasteiger partial charge in [-0.1, -0.05) is 46.3 Å². The summed E-state index contributed by atoms with van der Waals surface area (Å²) in [5, 5.41) is 3.39. The Morgan fingerprint density at radius 1 is 1.06 bits per heavy atom. The molecule has 0 saturated carbocycles. The number of benzene rings is 2. The highest BCUT2D eigenvalue weighted by Gasteiger charge is 1.99. The number of halogens is 1. The minimum atomic E-state index is 0.838. The van der Waals surface area contributed by atoms with E-state index in [0.717, 1.165) is 16.7 Å². The Bertz CT molecular complexity index is 465. The quantitative estimate of drug-likeness (QED) is 0.877. The maximum atomic E-state index is 3.58. The number of nitrogens with one attached hydrogen (secondary N) is 1. The molecule has 1 nitrogen and oxygen atoms in total. The average Bonchev–Trinajstić information content (AvgIpc) is 2.29. The summed E-state index contributed by atoms with van der Waals surface area (Å²) < 4.78 is 1.16. The van der Waals surface area contributed by atoms with Gasteiger partial charge >= 0.3 is 0 Å². The molecule has 0 heterocycles. The van der Waals surface area contributed by atoms with Crippen molar-refractivity contribution in [1.29, 1.82) is 0 Å². The fraction of sp³-hybridized carbons (Fsp3) is 0.143. The molecule has 1 N–H and O–H groups in total. The Hall–Kier alpha value is -1.28. The number of anilines is 1. The van der Waals surface area contributed by atoms with E-state index in [9.17, 15) is 0 Å². The van der Waals surface area contributed by atoms with Crippen molar-refractivity contribution in [2.45, 2.75) is 13.5 Å². The van der Waals surface area contributed by atoms with Crippen LogP contribution in [-0.2, 0) is 6.54 Å². The lowest BCUT2D eigenvalue weighted by atomic mass is 10.1. The van der Waals surface area contributed by atoms with Crippen molar-refractivity contribution in [3.63, 3.8) is 0 Å². The molecule has 0 aliphatic heterocycles. The minimum absolute atomic E-state index is 0.838. The van der Waals surface area contributed by atoms with Crippen molar-refractivity contribution in [2.75, 3.05) is 5.32 Å². The molecule has 2 heteroatoms. The highest BCUT2D eigenvalue weighted by molar-refractivity contribution is 9.10. The van der Waals surface area contributed by atoms with E-state index >= 15 is 0 Å². The fourth-order valence-corrected chi connectivity index (χ4v) is 2.18. The molecule has 82 valence electrons. The van der Waals surface area contributed by atoms with Gasteiger partial charge in [0.25, 0.3) is 0 Å². The van der Waals surface area contributed by atoms with Gasteiger partial charge in [0, 0.05) is 16.7 Å². The van der Waals surface area contributed by atoms with Crippen LogP contribution in [0.15, 0.2) is 53.0 Å². The number of rotatable bonds is 3. The Morgan fingerprint density at radius 2 is 1.81 bits per heavy atom. The average molecular weight is 276 g/mol. The maximum Gasteiger partial charge on any atom is 0.0411 e. The number of para-hydroxylation sites is 1. The Labute approximate surface area is 105 Å². The van der Waals surface area contributed by atoms with Crippen molar-refractivity contribution in [3.8, 4) is 0 Å². The summed E-state index contributed by atoms with van der Waals surface area (Å²) >= 11 is 3.58. The molecule has 0 saturated heterocycles. The summed E-state index contributed by atoms with van der Waals surface area (Å²) in [6.07, 6.45) is 0. The maximum absolute atomic E-state index is 3.58. The zero-order chi connectivity index (χ0) is 11.4. The molecule has 2 rings (SSSR count). The van der Waals surface area contributed by atoms with Crippen LogP contribution in [0.3, 0.4) is 0 Å². The summed E-state index contributed by atoms with van der Waals surface area (Å²) in [6.45, 7) is 2.93. The molecular formula is C14H14BrN. The number of hydrogen-bond acceptors (Lipinski definition) is 1. The molecule has 0 aliphatic rings. The van der Waals surface area contributed by atoms with Gasteiger partial charge in [0.05, 0.1) is 0 Å². The summed E-state index contributed by atoms with van der Waals surface area (Å²) in [5.41, 5.74) is 3.69. The zero-order valence-corrected chi connectivity index (χ0v) is 10.8. The Kier molecular flexibility index (Phi) is 3.62. The van der Waals surface area contributed by atoms with Crippen molar-refractivity contribution in [3.05, 3.63) is 64.1 Å². The van der Waals surface area contributed by atoms with E-state index in [0.29, 0.717) is 0 Å². The first-order chi connectivity index (χ1) is 7.75. The molecule has 0 fully saturated rings. The smallest absolute Gasteiger partial charge is 0.0411 e. The van der Waals surface area contributed by atoms with Gasteiger partial charge in [-0.2, -0.15) is 0 Å². The van der Waals surface area contributed by atoms with Gasteiger partial charge in [0.1, 0.15) is 0 Å². The molecule has 16 heavy (non-hydrogen) atoms. The lowest BCUT2D eigenvalue weighted by Crippen LogP contribution is -1.99. The zero-order valence-electron chi connectivity index (χ0n) is 9.20. The lowest BCUT2D eigenvalue weighted by Gasteiger charge is -2.08. The van der Waals surface area contributed by atoms with E-state index in [1.807, 2.05) is 18.2 Å². The van der Waals surface area contributed by atoms with Crippen LogP contribution >= 0.6 is 15.9 Å². The van der Waals surface area contributed by atoms with E-state index in [-0.39, 0.29) is 0 Å². The summed E-state index contributed by atoms with van der Waals surface area (Å²) in [4.78, 5) is 0. The van der Waals surface area contributed by atoms with Crippen LogP contribution < -0.4 is 5.32 Å². The fourth-order valence-electron chi connectivity index (χ4n) is 1.55. The molecule has 0 spiro atoms. The van der Waals surface area contributed by atoms with E-state index in [1.54, 1.807) is 0 Å². The first-order valence-electron chi connectivity index (χ1n) is 5.29. The summed E-state index contributed by atoms with van der Waals surface area (Å²) in [6, 6.07) is 16.7. The third kappa shape index (κ3) is 2.86. The predicted molar refractivity (Wildman–Crippen MR) is 72.6 cm³/mol. The first-order valence-corrected chi connectivity index (χ1v) is 6.09. The third-order valence-electron chi connectivity index (χ3n) is 2.47. The second-order valence-corrected chi connectivity index (χ2v) is 4.67. The Balaban J connectivity index is 2.05. The third-order valence-corrected chi connectivity index (χ3v) is 3.20. The van der Waals surface area contributed by atoms with Gasteiger partial charge in [-0.15, -0.1) is 0 Å². The molecule has 2 aromatic carbocycles. The lowest BCUT2D eigenvalue weighted by molar-refractivity contribution is 1.13. The molecule has 0 aliphatic carbocycles. The number of hydrogen-bond donors (Lipinski definition) is 1. The van der Waals surface area contributed by atoms with Crippen molar-refractivity contribution >= 4 is 21.6 Å². The SMILES string of the molecule is Cc1ccc(CNc2ccccc2)c(Br)c1. The minimum Gasteiger partial charge on any atom is -0.381 e. The molecule has 0 aromatic heterocycles. The van der Waals surface area contributed by atoms with Crippen LogP contribution in [0.4, 0.5) is 5.69 Å². The van der Waals surface area contributed by atoms with E-state index in [2.05, 4.69) is 58.5 Å². The Morgan fingerprint density at radius 3 is 2.50 bits per heavy atom. The second kappa shape index (κ2) is 5.17. The van der Waals surface area contributed by atoms with Crippen molar-refractivity contribution in [2.24, 2.45) is 0 Å². The van der Waals surface area contributed by atoms with Crippen molar-refractivity contribution in [1.82, 2.24) is 0 Å². The summed E-state index contributed by atoms with van der Waals surface area (Å²) in [7, 11) is 0. The van der Waals surface area contributed by atoms with Gasteiger partial charge in [-0.05, 0) is 36.2 Å².